The molecular weight excluding hydrogens is 352 g/mol. The van der Waals surface area contributed by atoms with E-state index in [1.54, 1.807) is 0 Å². The third kappa shape index (κ3) is 3.05. The number of methoxy groups -OCH3 is 1. The molecule has 0 spiro atoms. The summed E-state index contributed by atoms with van der Waals surface area (Å²) in [6.07, 6.45) is 0. The van der Waals surface area contributed by atoms with Gasteiger partial charge in [-0.05, 0) is 5.56 Å². The van der Waals surface area contributed by atoms with Crippen LogP contribution in [0.4, 0.5) is 0 Å². The number of carbonyl (C=O) groups is 1. The molecule has 0 aliphatic rings. The molecule has 0 amide bonds. The second-order valence-corrected chi connectivity index (χ2v) is 2.13. The number of esters is 1. The molecule has 0 fully saturated rings. The van der Waals surface area contributed by atoms with Gasteiger partial charge in [0.05, 0.1) is 7.11 Å². The second-order valence-electron chi connectivity index (χ2n) is 2.13. The Balaban J connectivity index is 0.00000144. The first-order valence-electron chi connectivity index (χ1n) is 3.17. The molecule has 0 aliphatic carbocycles. The van der Waals surface area contributed by atoms with Gasteiger partial charge in [0.15, 0.2) is 0 Å². The Morgan fingerprint density at radius 3 is 2.23 bits per heavy atom. The average Bonchev–Trinajstić information content (AvgIpc) is 2.01. The van der Waals surface area contributed by atoms with Crippen LogP contribution in [0.2, 0.25) is 0 Å². The third-order valence-electron chi connectivity index (χ3n) is 1.26. The van der Waals surface area contributed by atoms with Crippen LogP contribution in [-0.2, 0) is 24.8 Å². The molecule has 1 aromatic carbocycles. The number of phenolic OH excluding ortho intramolecular Hbond substituents is 2. The molecule has 0 saturated carbocycles. The van der Waals surface area contributed by atoms with E-state index < -0.39 is 5.97 Å². The van der Waals surface area contributed by atoms with E-state index in [1.807, 2.05) is 0 Å². The van der Waals surface area contributed by atoms with Crippen LogP contribution in [0.1, 0.15) is 10.4 Å². The van der Waals surface area contributed by atoms with Crippen LogP contribution < -0.4 is 0 Å². The fourth-order valence-electron chi connectivity index (χ4n) is 0.775. The molecule has 1 aromatic rings. The van der Waals surface area contributed by atoms with Crippen LogP contribution in [0.5, 0.6) is 11.5 Å². The Bertz CT molecular complexity index is 291. The molecule has 0 aromatic heterocycles. The van der Waals surface area contributed by atoms with E-state index in [1.165, 1.54) is 7.11 Å². The first-order chi connectivity index (χ1) is 5.63. The molecule has 0 unspecified atom stereocenters. The molecule has 13 heavy (non-hydrogen) atoms. The number of aromatic hydroxyl groups is 2. The van der Waals surface area contributed by atoms with E-state index in [9.17, 15) is 4.79 Å². The number of rotatable bonds is 1. The van der Waals surface area contributed by atoms with Crippen molar-refractivity contribution in [1.29, 1.82) is 0 Å². The summed E-state index contributed by atoms with van der Waals surface area (Å²) in [7, 11) is 1.22. The van der Waals surface area contributed by atoms with E-state index in [0.717, 1.165) is 12.1 Å². The smallest absolute Gasteiger partial charge is 0.313 e. The van der Waals surface area contributed by atoms with Gasteiger partial charge in [-0.25, -0.2) is 4.79 Å². The Hall–Kier alpha value is -1.06. The van der Waals surface area contributed by atoms with Crippen molar-refractivity contribution < 1.29 is 39.8 Å². The Kier molecular flexibility index (Phi) is 4.45. The maximum atomic E-state index is 10.9. The molecular formula is C8H7IrO4-. The van der Waals surface area contributed by atoms with Gasteiger partial charge >= 0.3 is 5.97 Å². The average molecular weight is 359 g/mol. The van der Waals surface area contributed by atoms with Crippen molar-refractivity contribution in [2.45, 2.75) is 0 Å². The normalized spacial score (nSPS) is 8.69. The van der Waals surface area contributed by atoms with Crippen LogP contribution >= 0.6 is 0 Å². The number of hydrogen-bond acceptors (Lipinski definition) is 4. The summed E-state index contributed by atoms with van der Waals surface area (Å²) < 4.78 is 4.37. The van der Waals surface area contributed by atoms with Crippen LogP contribution in [0.25, 0.3) is 0 Å². The molecule has 1 radical (unpaired) electrons. The number of benzene rings is 1. The van der Waals surface area contributed by atoms with E-state index >= 15 is 0 Å². The maximum Gasteiger partial charge on any atom is 0.313 e. The minimum absolute atomic E-state index is 0. The van der Waals surface area contributed by atoms with Crippen molar-refractivity contribution in [3.8, 4) is 11.5 Å². The summed E-state index contributed by atoms with van der Waals surface area (Å²) in [6, 6.07) is 4.51. The Labute approximate surface area is 88.5 Å². The summed E-state index contributed by atoms with van der Waals surface area (Å²) >= 11 is 0. The maximum absolute atomic E-state index is 10.9. The van der Waals surface area contributed by atoms with Crippen molar-refractivity contribution >= 4 is 5.97 Å². The molecule has 0 heterocycles. The van der Waals surface area contributed by atoms with Crippen molar-refractivity contribution in [2.75, 3.05) is 7.11 Å². The van der Waals surface area contributed by atoms with Gasteiger partial charge in [0.1, 0.15) is 0 Å². The fraction of sp³-hybridized carbons (Fsp3) is 0.125. The standard InChI is InChI=1S/C8H7O4.Ir/c1-12-8(11)5-2-6(9)4-7(10)3-5;/h2-3,9-10H,1H3;/q-1;. The van der Waals surface area contributed by atoms with Gasteiger partial charge in [0, 0.05) is 31.6 Å². The second kappa shape index (κ2) is 4.84. The molecule has 5 heteroatoms. The first kappa shape index (κ1) is 11.9. The molecule has 0 bridgehead atoms. The SMILES string of the molecule is COC(=O)c1cc(O)[c-]c(O)c1.[Ir]. The van der Waals surface area contributed by atoms with Crippen molar-refractivity contribution in [2.24, 2.45) is 0 Å². The van der Waals surface area contributed by atoms with Gasteiger partial charge < -0.3 is 14.9 Å². The Morgan fingerprint density at radius 2 is 1.85 bits per heavy atom. The minimum Gasteiger partial charge on any atom is -0.534 e. The molecule has 1 rings (SSSR count). The zero-order valence-corrected chi connectivity index (χ0v) is 9.09. The summed E-state index contributed by atoms with van der Waals surface area (Å²) in [5.41, 5.74) is 0.0891. The van der Waals surface area contributed by atoms with Crippen LogP contribution in [-0.4, -0.2) is 23.3 Å². The van der Waals surface area contributed by atoms with Crippen LogP contribution in [0.3, 0.4) is 0 Å². The van der Waals surface area contributed by atoms with Crippen molar-refractivity contribution in [3.63, 3.8) is 0 Å². The quantitative estimate of drug-likeness (QED) is 0.572. The predicted octanol–water partition coefficient (Wildman–Crippen LogP) is 0.682. The van der Waals surface area contributed by atoms with Gasteiger partial charge in [-0.1, -0.05) is 6.07 Å². The van der Waals surface area contributed by atoms with E-state index in [0.29, 0.717) is 0 Å². The number of carbonyl (C=O) groups excluding carboxylic acids is 1. The zero-order valence-electron chi connectivity index (χ0n) is 6.70. The molecule has 73 valence electrons. The van der Waals surface area contributed by atoms with Gasteiger partial charge in [0.2, 0.25) is 0 Å². The third-order valence-corrected chi connectivity index (χ3v) is 1.26. The molecule has 0 saturated heterocycles. The predicted molar refractivity (Wildman–Crippen MR) is 39.9 cm³/mol. The van der Waals surface area contributed by atoms with E-state index in [-0.39, 0.29) is 37.2 Å². The molecule has 0 aliphatic heterocycles. The number of ether oxygens (including phenoxy) is 1. The van der Waals surface area contributed by atoms with Crippen molar-refractivity contribution in [1.82, 2.24) is 0 Å². The monoisotopic (exact) mass is 360 g/mol. The largest absolute Gasteiger partial charge is 0.534 e. The Morgan fingerprint density at radius 1 is 1.38 bits per heavy atom. The van der Waals surface area contributed by atoms with Crippen LogP contribution in [0.15, 0.2) is 12.1 Å². The number of hydrogen-bond donors (Lipinski definition) is 2. The first-order valence-corrected chi connectivity index (χ1v) is 3.17. The van der Waals surface area contributed by atoms with Gasteiger partial charge in [-0.2, -0.15) is 0 Å². The van der Waals surface area contributed by atoms with Crippen molar-refractivity contribution in [3.05, 3.63) is 23.8 Å². The van der Waals surface area contributed by atoms with E-state index in [4.69, 9.17) is 10.2 Å². The molecule has 0 atom stereocenters. The zero-order chi connectivity index (χ0) is 9.14. The summed E-state index contributed by atoms with van der Waals surface area (Å²) in [6.45, 7) is 0. The fourth-order valence-corrected chi connectivity index (χ4v) is 0.775. The number of phenols is 2. The van der Waals surface area contributed by atoms with Gasteiger partial charge in [-0.15, -0.1) is 12.1 Å². The van der Waals surface area contributed by atoms with E-state index in [2.05, 4.69) is 10.8 Å². The van der Waals surface area contributed by atoms with Gasteiger partial charge in [-0.3, -0.25) is 0 Å². The topological polar surface area (TPSA) is 66.8 Å². The summed E-state index contributed by atoms with van der Waals surface area (Å²) in [5, 5.41) is 17.8. The minimum atomic E-state index is -0.616. The molecule has 2 N–H and O–H groups in total. The molecule has 4 nitrogen and oxygen atoms in total. The summed E-state index contributed by atoms with van der Waals surface area (Å²) in [4.78, 5) is 10.9. The van der Waals surface area contributed by atoms with Crippen LogP contribution in [0, 0.1) is 6.07 Å². The summed E-state index contributed by atoms with van der Waals surface area (Å²) in [5.74, 6) is -1.21. The van der Waals surface area contributed by atoms with Gasteiger partial charge in [0.25, 0.3) is 0 Å².